The molecule has 0 radical (unpaired) electrons. The van der Waals surface area contributed by atoms with Gasteiger partial charge in [-0.15, -0.1) is 0 Å². The summed E-state index contributed by atoms with van der Waals surface area (Å²) in [5.41, 5.74) is 3.73. The summed E-state index contributed by atoms with van der Waals surface area (Å²) in [5, 5.41) is 9.00. The molecular weight excluding hydrogens is 224 g/mol. The summed E-state index contributed by atoms with van der Waals surface area (Å²) in [6.45, 7) is 6.29. The third kappa shape index (κ3) is 2.58. The van der Waals surface area contributed by atoms with E-state index in [1.54, 1.807) is 0 Å². The molecule has 1 aromatic rings. The molecule has 18 heavy (non-hydrogen) atoms. The summed E-state index contributed by atoms with van der Waals surface area (Å²) in [5.74, 6) is -0.125. The van der Waals surface area contributed by atoms with Crippen molar-refractivity contribution in [1.82, 2.24) is 0 Å². The van der Waals surface area contributed by atoms with Gasteiger partial charge >= 0.3 is 5.97 Å². The van der Waals surface area contributed by atoms with Gasteiger partial charge in [-0.05, 0) is 41.9 Å². The van der Waals surface area contributed by atoms with Gasteiger partial charge in [0, 0.05) is 5.41 Å². The Balaban J connectivity index is 2.35. The minimum Gasteiger partial charge on any atom is -0.481 e. The Morgan fingerprint density at radius 1 is 1.44 bits per heavy atom. The van der Waals surface area contributed by atoms with E-state index in [1.807, 2.05) is 13.8 Å². The summed E-state index contributed by atoms with van der Waals surface area (Å²) < 4.78 is 0. The van der Waals surface area contributed by atoms with Crippen LogP contribution in [0.1, 0.15) is 62.6 Å². The normalized spacial score (nSPS) is 19.4. The van der Waals surface area contributed by atoms with Crippen molar-refractivity contribution >= 4 is 5.97 Å². The molecule has 2 rings (SSSR count). The monoisotopic (exact) mass is 246 g/mol. The molecular formula is C16H22O2. The summed E-state index contributed by atoms with van der Waals surface area (Å²) >= 11 is 0. The van der Waals surface area contributed by atoms with Gasteiger partial charge in [-0.1, -0.05) is 39.0 Å². The fraction of sp³-hybridized carbons (Fsp3) is 0.562. The van der Waals surface area contributed by atoms with Crippen molar-refractivity contribution in [2.24, 2.45) is 0 Å². The van der Waals surface area contributed by atoms with Crippen LogP contribution in [0.25, 0.3) is 0 Å². The summed E-state index contributed by atoms with van der Waals surface area (Å²) in [7, 11) is 0. The number of benzene rings is 1. The lowest BCUT2D eigenvalue weighted by molar-refractivity contribution is -0.138. The number of aryl methyl sites for hydroxylation is 1. The second-order valence-corrected chi connectivity index (χ2v) is 6.16. The van der Waals surface area contributed by atoms with Crippen LogP contribution in [0.4, 0.5) is 0 Å². The number of fused-ring (bicyclic) bond motifs is 1. The molecule has 2 nitrogen and oxygen atoms in total. The quantitative estimate of drug-likeness (QED) is 0.878. The number of aliphatic carboxylic acids is 1. The van der Waals surface area contributed by atoms with Gasteiger partial charge < -0.3 is 5.11 Å². The molecule has 1 N–H and O–H groups in total. The topological polar surface area (TPSA) is 37.3 Å². The third-order valence-corrected chi connectivity index (χ3v) is 4.13. The largest absolute Gasteiger partial charge is 0.481 e. The zero-order valence-electron chi connectivity index (χ0n) is 11.5. The standard InChI is InChI=1S/C16H22O2/c1-11-5-4-6-12-7-8-13(9-14(11)12)16(2,3)10-15(17)18/h7-9,11H,4-6,10H2,1-3H3,(H,17,18). The Kier molecular flexibility index (Phi) is 3.47. The van der Waals surface area contributed by atoms with Crippen molar-refractivity contribution in [3.05, 3.63) is 34.9 Å². The van der Waals surface area contributed by atoms with Gasteiger partial charge in [0.05, 0.1) is 6.42 Å². The van der Waals surface area contributed by atoms with Crippen LogP contribution < -0.4 is 0 Å². The molecule has 1 aliphatic carbocycles. The molecule has 1 aliphatic rings. The number of rotatable bonds is 3. The van der Waals surface area contributed by atoms with Gasteiger partial charge in [0.25, 0.3) is 0 Å². The van der Waals surface area contributed by atoms with E-state index in [0.29, 0.717) is 5.92 Å². The minimum absolute atomic E-state index is 0.181. The molecule has 0 fully saturated rings. The van der Waals surface area contributed by atoms with Crippen LogP contribution in [0, 0.1) is 0 Å². The Labute approximate surface area is 109 Å². The summed E-state index contributed by atoms with van der Waals surface area (Å²) in [6, 6.07) is 6.55. The molecule has 2 heteroatoms. The number of carboxylic acid groups (broad SMARTS) is 1. The van der Waals surface area contributed by atoms with Gasteiger partial charge in [0.1, 0.15) is 0 Å². The van der Waals surface area contributed by atoms with Gasteiger partial charge in [-0.2, -0.15) is 0 Å². The minimum atomic E-state index is -0.731. The second kappa shape index (κ2) is 4.75. The van der Waals surface area contributed by atoms with E-state index in [4.69, 9.17) is 5.11 Å². The highest BCUT2D eigenvalue weighted by Crippen LogP contribution is 2.35. The molecule has 0 spiro atoms. The molecule has 0 amide bonds. The second-order valence-electron chi connectivity index (χ2n) is 6.16. The molecule has 0 heterocycles. The highest BCUT2D eigenvalue weighted by atomic mass is 16.4. The maximum Gasteiger partial charge on any atom is 0.304 e. The lowest BCUT2D eigenvalue weighted by Gasteiger charge is -2.28. The zero-order valence-corrected chi connectivity index (χ0v) is 11.5. The predicted molar refractivity (Wildman–Crippen MR) is 73.1 cm³/mol. The highest BCUT2D eigenvalue weighted by Gasteiger charge is 2.26. The average molecular weight is 246 g/mol. The molecule has 0 saturated carbocycles. The van der Waals surface area contributed by atoms with Crippen molar-refractivity contribution in [2.75, 3.05) is 0 Å². The zero-order chi connectivity index (χ0) is 13.3. The van der Waals surface area contributed by atoms with Crippen LogP contribution in [-0.4, -0.2) is 11.1 Å². The van der Waals surface area contributed by atoms with Gasteiger partial charge in [-0.25, -0.2) is 0 Å². The first-order valence-corrected chi connectivity index (χ1v) is 6.75. The number of carboxylic acids is 1. The molecule has 1 aromatic carbocycles. The summed E-state index contributed by atoms with van der Waals surface area (Å²) in [4.78, 5) is 10.9. The van der Waals surface area contributed by atoms with Crippen molar-refractivity contribution in [3.8, 4) is 0 Å². The Hall–Kier alpha value is -1.31. The van der Waals surface area contributed by atoms with Crippen LogP contribution in [-0.2, 0) is 16.6 Å². The van der Waals surface area contributed by atoms with Crippen molar-refractivity contribution < 1.29 is 9.90 Å². The first-order chi connectivity index (χ1) is 8.40. The fourth-order valence-corrected chi connectivity index (χ4v) is 2.94. The number of carbonyl (C=O) groups is 1. The van der Waals surface area contributed by atoms with E-state index in [2.05, 4.69) is 25.1 Å². The van der Waals surface area contributed by atoms with E-state index in [-0.39, 0.29) is 11.8 Å². The molecule has 1 unspecified atom stereocenters. The Morgan fingerprint density at radius 3 is 2.83 bits per heavy atom. The highest BCUT2D eigenvalue weighted by molar-refractivity contribution is 5.69. The van der Waals surface area contributed by atoms with Gasteiger partial charge in [0.2, 0.25) is 0 Å². The summed E-state index contributed by atoms with van der Waals surface area (Å²) in [6.07, 6.45) is 3.86. The number of hydrogen-bond acceptors (Lipinski definition) is 1. The lowest BCUT2D eigenvalue weighted by Crippen LogP contribution is -2.22. The number of hydrogen-bond donors (Lipinski definition) is 1. The third-order valence-electron chi connectivity index (χ3n) is 4.13. The van der Waals surface area contributed by atoms with Crippen LogP contribution in [0.3, 0.4) is 0 Å². The molecule has 0 bridgehead atoms. The molecule has 1 atom stereocenters. The van der Waals surface area contributed by atoms with E-state index in [1.165, 1.54) is 30.4 Å². The van der Waals surface area contributed by atoms with Crippen molar-refractivity contribution in [1.29, 1.82) is 0 Å². The Morgan fingerprint density at radius 2 is 2.17 bits per heavy atom. The predicted octanol–water partition coefficient (Wildman–Crippen LogP) is 3.88. The van der Waals surface area contributed by atoms with Crippen LogP contribution >= 0.6 is 0 Å². The van der Waals surface area contributed by atoms with Crippen LogP contribution in [0.15, 0.2) is 18.2 Å². The average Bonchev–Trinajstić information content (AvgIpc) is 2.27. The maximum atomic E-state index is 10.9. The Bertz CT molecular complexity index is 460. The molecule has 0 aromatic heterocycles. The van der Waals surface area contributed by atoms with E-state index >= 15 is 0 Å². The van der Waals surface area contributed by atoms with E-state index in [0.717, 1.165) is 5.56 Å². The van der Waals surface area contributed by atoms with Gasteiger partial charge in [-0.3, -0.25) is 4.79 Å². The smallest absolute Gasteiger partial charge is 0.304 e. The first kappa shape index (κ1) is 13.1. The molecule has 0 saturated heterocycles. The van der Waals surface area contributed by atoms with Gasteiger partial charge in [0.15, 0.2) is 0 Å². The van der Waals surface area contributed by atoms with E-state index in [9.17, 15) is 4.79 Å². The van der Waals surface area contributed by atoms with E-state index < -0.39 is 5.97 Å². The first-order valence-electron chi connectivity index (χ1n) is 6.75. The fourth-order valence-electron chi connectivity index (χ4n) is 2.94. The SMILES string of the molecule is CC1CCCc2ccc(C(C)(C)CC(=O)O)cc21. The molecule has 98 valence electrons. The van der Waals surface area contributed by atoms with Crippen molar-refractivity contribution in [2.45, 2.75) is 57.8 Å². The maximum absolute atomic E-state index is 10.9. The van der Waals surface area contributed by atoms with Crippen molar-refractivity contribution in [3.63, 3.8) is 0 Å². The van der Waals surface area contributed by atoms with Crippen LogP contribution in [0.2, 0.25) is 0 Å². The molecule has 0 aliphatic heterocycles. The lowest BCUT2D eigenvalue weighted by atomic mass is 9.76. The van der Waals surface area contributed by atoms with Crippen LogP contribution in [0.5, 0.6) is 0 Å².